The van der Waals surface area contributed by atoms with E-state index in [1.807, 2.05) is 24.3 Å². The van der Waals surface area contributed by atoms with Crippen LogP contribution in [0.1, 0.15) is 51.6 Å². The van der Waals surface area contributed by atoms with E-state index in [1.165, 1.54) is 0 Å². The number of carbonyl (C=O) groups excluding carboxylic acids is 1. The number of aryl methyl sites for hydroxylation is 2. The van der Waals surface area contributed by atoms with Crippen LogP contribution in [0.25, 0.3) is 16.6 Å². The summed E-state index contributed by atoms with van der Waals surface area (Å²) in [4.78, 5) is 40.1. The summed E-state index contributed by atoms with van der Waals surface area (Å²) in [5, 5.41) is 0. The van der Waals surface area contributed by atoms with Gasteiger partial charge in [-0.15, -0.1) is 0 Å². The summed E-state index contributed by atoms with van der Waals surface area (Å²) < 4.78 is 7.37. The van der Waals surface area contributed by atoms with E-state index in [4.69, 9.17) is 4.74 Å². The lowest BCUT2D eigenvalue weighted by atomic mass is 9.81. The van der Waals surface area contributed by atoms with Crippen molar-refractivity contribution in [2.75, 3.05) is 18.6 Å². The average molecular weight is 444 g/mol. The molecule has 168 valence electrons. The number of nitrogens with zero attached hydrogens (tertiary/aromatic N) is 4. The fraction of sp³-hybridized carbons (Fsp3) is 0.360. The summed E-state index contributed by atoms with van der Waals surface area (Å²) in [6.07, 6.45) is 6.24. The predicted molar refractivity (Wildman–Crippen MR) is 125 cm³/mol. The van der Waals surface area contributed by atoms with Crippen LogP contribution in [-0.4, -0.2) is 45.0 Å². The first-order chi connectivity index (χ1) is 15.9. The molecular formula is C25H25N5O3. The Bertz CT molecular complexity index is 1500. The first kappa shape index (κ1) is 20.1. The number of benzene rings is 1. The SMILES string of the molecule is COC1CC(c2ncc3c(=O)[nH]c4cc(C(=O)N5CCc6cc(C)cnc65)c(C)cc4n23)C1. The number of carbonyl (C=O) groups is 1. The second-order valence-corrected chi connectivity index (χ2v) is 9.20. The molecule has 1 saturated carbocycles. The zero-order valence-electron chi connectivity index (χ0n) is 18.9. The van der Waals surface area contributed by atoms with E-state index in [0.29, 0.717) is 23.1 Å². The standard InChI is InChI=1S/C25H25N5O3/c1-13-6-15-4-5-29(22(15)26-11-13)25(32)18-10-19-20(7-14(18)2)30-21(24(31)28-19)12-27-23(30)16-8-17(9-16)33-3/h6-7,10-12,16-17H,4-5,8-9H2,1-3H3,(H,28,31). The molecule has 1 fully saturated rings. The molecule has 0 bridgehead atoms. The quantitative estimate of drug-likeness (QED) is 0.525. The van der Waals surface area contributed by atoms with Crippen LogP contribution < -0.4 is 10.5 Å². The normalized spacial score (nSPS) is 19.8. The van der Waals surface area contributed by atoms with Gasteiger partial charge < -0.3 is 9.72 Å². The third-order valence-corrected chi connectivity index (χ3v) is 7.06. The van der Waals surface area contributed by atoms with Gasteiger partial charge in [-0.3, -0.25) is 18.9 Å². The van der Waals surface area contributed by atoms with Gasteiger partial charge in [0.05, 0.1) is 23.3 Å². The fourth-order valence-electron chi connectivity index (χ4n) is 5.16. The number of hydrogen-bond donors (Lipinski definition) is 1. The third kappa shape index (κ3) is 3.01. The molecule has 1 N–H and O–H groups in total. The monoisotopic (exact) mass is 443 g/mol. The van der Waals surface area contributed by atoms with Gasteiger partial charge in [0.25, 0.3) is 11.5 Å². The van der Waals surface area contributed by atoms with Gasteiger partial charge in [0.2, 0.25) is 0 Å². The number of methoxy groups -OCH3 is 1. The van der Waals surface area contributed by atoms with Crippen LogP contribution in [0.5, 0.6) is 0 Å². The summed E-state index contributed by atoms with van der Waals surface area (Å²) in [5.74, 6) is 1.75. The van der Waals surface area contributed by atoms with Crippen molar-refractivity contribution >= 4 is 28.3 Å². The molecule has 33 heavy (non-hydrogen) atoms. The molecule has 3 aromatic heterocycles. The first-order valence-electron chi connectivity index (χ1n) is 11.3. The van der Waals surface area contributed by atoms with E-state index in [1.54, 1.807) is 30.5 Å². The highest BCUT2D eigenvalue weighted by Gasteiger charge is 2.34. The molecule has 0 radical (unpaired) electrons. The Hall–Kier alpha value is -3.52. The van der Waals surface area contributed by atoms with Gasteiger partial charge in [0.1, 0.15) is 17.2 Å². The minimum Gasteiger partial charge on any atom is -0.381 e. The Morgan fingerprint density at radius 2 is 1.94 bits per heavy atom. The van der Waals surface area contributed by atoms with Crippen LogP contribution >= 0.6 is 0 Å². The van der Waals surface area contributed by atoms with E-state index < -0.39 is 0 Å². The van der Waals surface area contributed by atoms with E-state index in [-0.39, 0.29) is 23.5 Å². The molecule has 4 heterocycles. The number of anilines is 1. The van der Waals surface area contributed by atoms with Crippen molar-refractivity contribution in [3.63, 3.8) is 0 Å². The van der Waals surface area contributed by atoms with Gasteiger partial charge in [0, 0.05) is 31.3 Å². The topological polar surface area (TPSA) is 92.6 Å². The van der Waals surface area contributed by atoms with Crippen LogP contribution in [0.3, 0.4) is 0 Å². The van der Waals surface area contributed by atoms with Crippen molar-refractivity contribution in [3.8, 4) is 0 Å². The zero-order chi connectivity index (χ0) is 22.9. The smallest absolute Gasteiger partial charge is 0.274 e. The number of ether oxygens (including phenoxy) is 1. The van der Waals surface area contributed by atoms with Crippen molar-refractivity contribution in [1.29, 1.82) is 0 Å². The number of aromatic nitrogens is 4. The van der Waals surface area contributed by atoms with Crippen LogP contribution in [0.4, 0.5) is 5.82 Å². The van der Waals surface area contributed by atoms with Gasteiger partial charge in [-0.2, -0.15) is 0 Å². The first-order valence-corrected chi connectivity index (χ1v) is 11.3. The Morgan fingerprint density at radius 1 is 1.12 bits per heavy atom. The van der Waals surface area contributed by atoms with E-state index in [9.17, 15) is 9.59 Å². The Balaban J connectivity index is 1.46. The maximum absolute atomic E-state index is 13.5. The largest absolute Gasteiger partial charge is 0.381 e. The van der Waals surface area contributed by atoms with E-state index >= 15 is 0 Å². The molecule has 1 aliphatic heterocycles. The van der Waals surface area contributed by atoms with Crippen LogP contribution in [0.2, 0.25) is 0 Å². The lowest BCUT2D eigenvalue weighted by Crippen LogP contribution is -2.30. The minimum absolute atomic E-state index is 0.0989. The number of nitrogens with one attached hydrogen (secondary N) is 1. The number of amides is 1. The van der Waals surface area contributed by atoms with Gasteiger partial charge in [-0.25, -0.2) is 9.97 Å². The Kier molecular flexibility index (Phi) is 4.42. The van der Waals surface area contributed by atoms with Gasteiger partial charge in [-0.05, 0) is 61.9 Å². The maximum atomic E-state index is 13.5. The molecule has 8 heteroatoms. The average Bonchev–Trinajstić information content (AvgIpc) is 3.38. The van der Waals surface area contributed by atoms with Crippen LogP contribution in [0, 0.1) is 13.8 Å². The van der Waals surface area contributed by atoms with Crippen molar-refractivity contribution in [2.24, 2.45) is 0 Å². The Morgan fingerprint density at radius 3 is 2.73 bits per heavy atom. The highest BCUT2D eigenvalue weighted by Crippen LogP contribution is 2.38. The zero-order valence-corrected chi connectivity index (χ0v) is 18.9. The molecule has 1 aliphatic carbocycles. The third-order valence-electron chi connectivity index (χ3n) is 7.06. The maximum Gasteiger partial charge on any atom is 0.274 e. The summed E-state index contributed by atoms with van der Waals surface area (Å²) >= 11 is 0. The number of imidazole rings is 1. The molecule has 0 spiro atoms. The summed E-state index contributed by atoms with van der Waals surface area (Å²) in [7, 11) is 1.72. The molecule has 0 atom stereocenters. The van der Waals surface area contributed by atoms with E-state index in [2.05, 4.69) is 21.0 Å². The van der Waals surface area contributed by atoms with Crippen molar-refractivity contribution in [3.05, 3.63) is 69.0 Å². The number of fused-ring (bicyclic) bond motifs is 4. The molecule has 4 aromatic rings. The lowest BCUT2D eigenvalue weighted by Gasteiger charge is -2.33. The van der Waals surface area contributed by atoms with Crippen molar-refractivity contribution < 1.29 is 9.53 Å². The molecule has 1 aromatic carbocycles. The van der Waals surface area contributed by atoms with Crippen LogP contribution in [-0.2, 0) is 11.2 Å². The number of H-pyrrole nitrogens is 1. The molecule has 1 amide bonds. The molecule has 8 nitrogen and oxygen atoms in total. The highest BCUT2D eigenvalue weighted by molar-refractivity contribution is 6.09. The van der Waals surface area contributed by atoms with E-state index in [0.717, 1.165) is 53.1 Å². The van der Waals surface area contributed by atoms with Gasteiger partial charge in [0.15, 0.2) is 0 Å². The lowest BCUT2D eigenvalue weighted by molar-refractivity contribution is 0.0236. The van der Waals surface area contributed by atoms with Crippen LogP contribution in [0.15, 0.2) is 35.4 Å². The van der Waals surface area contributed by atoms with Gasteiger partial charge >= 0.3 is 0 Å². The molecular weight excluding hydrogens is 418 g/mol. The highest BCUT2D eigenvalue weighted by atomic mass is 16.5. The summed E-state index contributed by atoms with van der Waals surface area (Å²) in [6.45, 7) is 4.54. The summed E-state index contributed by atoms with van der Waals surface area (Å²) in [6, 6.07) is 5.86. The second-order valence-electron chi connectivity index (χ2n) is 9.20. The molecule has 6 rings (SSSR count). The fourth-order valence-corrected chi connectivity index (χ4v) is 5.16. The van der Waals surface area contributed by atoms with Crippen molar-refractivity contribution in [1.82, 2.24) is 19.4 Å². The molecule has 0 saturated heterocycles. The number of rotatable bonds is 3. The number of hydrogen-bond acceptors (Lipinski definition) is 5. The van der Waals surface area contributed by atoms with Crippen molar-refractivity contribution in [2.45, 2.75) is 45.1 Å². The van der Waals surface area contributed by atoms with Gasteiger partial charge in [-0.1, -0.05) is 6.07 Å². The Labute approximate surface area is 190 Å². The minimum atomic E-state index is -0.213. The summed E-state index contributed by atoms with van der Waals surface area (Å²) in [5.41, 5.74) is 5.38. The molecule has 0 unspecified atom stereocenters. The predicted octanol–water partition coefficient (Wildman–Crippen LogP) is 3.28. The number of pyridine rings is 1. The number of aromatic amines is 1. The second kappa shape index (κ2) is 7.25. The molecule has 2 aliphatic rings.